The number of ether oxygens (including phenoxy) is 1. The maximum atomic E-state index is 5.76. The molecule has 0 radical (unpaired) electrons. The third-order valence-corrected chi connectivity index (χ3v) is 2.00. The molecule has 3 heteroatoms. The molecule has 0 bridgehead atoms. The van der Waals surface area contributed by atoms with Crippen molar-refractivity contribution in [2.24, 2.45) is 0 Å². The molecule has 1 heterocycles. The van der Waals surface area contributed by atoms with Gasteiger partial charge in [-0.05, 0) is 30.7 Å². The second-order valence-corrected chi connectivity index (χ2v) is 3.34. The largest absolute Gasteiger partial charge is 0.454 e. The van der Waals surface area contributed by atoms with Gasteiger partial charge < -0.3 is 10.5 Å². The van der Waals surface area contributed by atoms with Gasteiger partial charge in [-0.1, -0.05) is 12.1 Å². The minimum atomic E-state index is 0.624. The number of rotatable bonds is 2. The zero-order valence-corrected chi connectivity index (χ0v) is 8.47. The lowest BCUT2D eigenvalue weighted by Gasteiger charge is -2.07. The molecular weight excluding hydrogens is 188 g/mol. The smallest absolute Gasteiger partial charge is 0.150 e. The predicted octanol–water partition coefficient (Wildman–Crippen LogP) is 2.76. The number of aryl methyl sites for hydroxylation is 1. The van der Waals surface area contributed by atoms with Gasteiger partial charge in [-0.3, -0.25) is 4.98 Å². The lowest BCUT2D eigenvalue weighted by molar-refractivity contribution is 0.482. The first-order valence-corrected chi connectivity index (χ1v) is 4.70. The van der Waals surface area contributed by atoms with Gasteiger partial charge in [0.05, 0.1) is 11.9 Å². The summed E-state index contributed by atoms with van der Waals surface area (Å²) in [6.07, 6.45) is 3.45. The Balaban J connectivity index is 2.26. The summed E-state index contributed by atoms with van der Waals surface area (Å²) in [6, 6.07) is 9.31. The van der Waals surface area contributed by atoms with Crippen molar-refractivity contribution in [3.05, 3.63) is 48.3 Å². The molecule has 0 unspecified atom stereocenters. The van der Waals surface area contributed by atoms with E-state index in [4.69, 9.17) is 10.5 Å². The van der Waals surface area contributed by atoms with Gasteiger partial charge >= 0.3 is 0 Å². The molecule has 1 aromatic heterocycles. The molecule has 2 rings (SSSR count). The number of nitrogens with zero attached hydrogens (tertiary/aromatic N) is 1. The van der Waals surface area contributed by atoms with Crippen molar-refractivity contribution in [3.63, 3.8) is 0 Å². The lowest BCUT2D eigenvalue weighted by Crippen LogP contribution is -1.92. The summed E-state index contributed by atoms with van der Waals surface area (Å²) in [6.45, 7) is 1.97. The second kappa shape index (κ2) is 4.00. The Morgan fingerprint density at radius 3 is 2.73 bits per heavy atom. The normalized spacial score (nSPS) is 9.93. The van der Waals surface area contributed by atoms with Gasteiger partial charge in [-0.15, -0.1) is 0 Å². The molecule has 0 aliphatic rings. The minimum absolute atomic E-state index is 0.624. The van der Waals surface area contributed by atoms with Crippen molar-refractivity contribution < 1.29 is 4.74 Å². The maximum Gasteiger partial charge on any atom is 0.150 e. The molecule has 0 atom stereocenters. The molecule has 0 fully saturated rings. The summed E-state index contributed by atoms with van der Waals surface area (Å²) < 4.78 is 5.60. The number of pyridine rings is 1. The van der Waals surface area contributed by atoms with Gasteiger partial charge in [-0.2, -0.15) is 0 Å². The Kier molecular flexibility index (Phi) is 2.54. The first-order chi connectivity index (χ1) is 7.25. The Morgan fingerprint density at radius 2 is 2.00 bits per heavy atom. The van der Waals surface area contributed by atoms with Crippen molar-refractivity contribution in [1.82, 2.24) is 4.98 Å². The van der Waals surface area contributed by atoms with E-state index in [-0.39, 0.29) is 0 Å². The van der Waals surface area contributed by atoms with Gasteiger partial charge in [0.2, 0.25) is 0 Å². The van der Waals surface area contributed by atoms with Crippen LogP contribution in [0.3, 0.4) is 0 Å². The molecule has 76 valence electrons. The number of nitrogens with two attached hydrogens (primary N) is 1. The highest BCUT2D eigenvalue weighted by Crippen LogP contribution is 2.26. The number of hydrogen-bond donors (Lipinski definition) is 1. The number of hydrogen-bond acceptors (Lipinski definition) is 3. The van der Waals surface area contributed by atoms with E-state index in [0.717, 1.165) is 5.56 Å². The monoisotopic (exact) mass is 200 g/mol. The Labute approximate surface area is 88.5 Å². The van der Waals surface area contributed by atoms with Gasteiger partial charge in [0.1, 0.15) is 11.5 Å². The molecule has 3 nitrogen and oxygen atoms in total. The summed E-state index contributed by atoms with van der Waals surface area (Å²) in [5.41, 5.74) is 7.44. The van der Waals surface area contributed by atoms with Crippen LogP contribution in [-0.2, 0) is 0 Å². The van der Waals surface area contributed by atoms with E-state index in [0.29, 0.717) is 17.2 Å². The van der Waals surface area contributed by atoms with E-state index < -0.39 is 0 Å². The predicted molar refractivity (Wildman–Crippen MR) is 59.9 cm³/mol. The highest BCUT2D eigenvalue weighted by atomic mass is 16.5. The van der Waals surface area contributed by atoms with Crippen LogP contribution in [0.2, 0.25) is 0 Å². The molecule has 15 heavy (non-hydrogen) atoms. The van der Waals surface area contributed by atoms with Gasteiger partial charge in [0.25, 0.3) is 0 Å². The fourth-order valence-corrected chi connectivity index (χ4v) is 1.28. The molecule has 0 aliphatic heterocycles. The van der Waals surface area contributed by atoms with Crippen LogP contribution in [-0.4, -0.2) is 4.98 Å². The summed E-state index contributed by atoms with van der Waals surface area (Å²) in [5.74, 6) is 1.36. The molecule has 0 saturated heterocycles. The summed E-state index contributed by atoms with van der Waals surface area (Å²) in [7, 11) is 0. The summed E-state index contributed by atoms with van der Waals surface area (Å²) in [4.78, 5) is 4.04. The number of benzene rings is 1. The van der Waals surface area contributed by atoms with Crippen LogP contribution >= 0.6 is 0 Å². The first kappa shape index (κ1) is 9.52. The minimum Gasteiger partial charge on any atom is -0.454 e. The van der Waals surface area contributed by atoms with E-state index in [1.54, 1.807) is 18.5 Å². The fraction of sp³-hybridized carbons (Fsp3) is 0.0833. The van der Waals surface area contributed by atoms with Crippen LogP contribution in [0.15, 0.2) is 42.7 Å². The Hall–Kier alpha value is -2.03. The molecule has 1 aromatic carbocycles. The van der Waals surface area contributed by atoms with E-state index in [9.17, 15) is 0 Å². The average Bonchev–Trinajstić information content (AvgIpc) is 2.22. The highest BCUT2D eigenvalue weighted by Gasteiger charge is 2.00. The Bertz CT molecular complexity index is 469. The van der Waals surface area contributed by atoms with Crippen molar-refractivity contribution in [2.75, 3.05) is 5.73 Å². The molecule has 0 aliphatic carbocycles. The van der Waals surface area contributed by atoms with E-state index in [1.165, 1.54) is 0 Å². The highest BCUT2D eigenvalue weighted by molar-refractivity contribution is 5.53. The second-order valence-electron chi connectivity index (χ2n) is 3.34. The number of nitrogen functional groups attached to an aromatic ring is 1. The van der Waals surface area contributed by atoms with Crippen molar-refractivity contribution in [2.45, 2.75) is 6.92 Å². The summed E-state index contributed by atoms with van der Waals surface area (Å²) in [5, 5.41) is 0. The quantitative estimate of drug-likeness (QED) is 0.758. The molecule has 2 N–H and O–H groups in total. The van der Waals surface area contributed by atoms with E-state index in [1.807, 2.05) is 31.2 Å². The van der Waals surface area contributed by atoms with Crippen LogP contribution in [0.4, 0.5) is 5.69 Å². The molecule has 0 spiro atoms. The molecule has 0 saturated carbocycles. The topological polar surface area (TPSA) is 48.1 Å². The summed E-state index contributed by atoms with van der Waals surface area (Å²) >= 11 is 0. The standard InChI is InChI=1S/C12H12N2O/c1-9-6-10(8-14-7-9)15-12-5-3-2-4-11(12)13/h2-8H,13H2,1H3. The third-order valence-electron chi connectivity index (χ3n) is 2.00. The van der Waals surface area contributed by atoms with Gasteiger partial charge in [-0.25, -0.2) is 0 Å². The SMILES string of the molecule is Cc1cncc(Oc2ccccc2N)c1. The van der Waals surface area contributed by atoms with Crippen LogP contribution in [0.25, 0.3) is 0 Å². The third kappa shape index (κ3) is 2.26. The number of anilines is 1. The van der Waals surface area contributed by atoms with Crippen LogP contribution < -0.4 is 10.5 Å². The lowest BCUT2D eigenvalue weighted by atomic mass is 10.3. The fourth-order valence-electron chi connectivity index (χ4n) is 1.28. The van der Waals surface area contributed by atoms with Crippen LogP contribution in [0.1, 0.15) is 5.56 Å². The van der Waals surface area contributed by atoms with E-state index >= 15 is 0 Å². The first-order valence-electron chi connectivity index (χ1n) is 4.70. The van der Waals surface area contributed by atoms with Gasteiger partial charge in [0.15, 0.2) is 0 Å². The van der Waals surface area contributed by atoms with Gasteiger partial charge in [0, 0.05) is 6.20 Å². The van der Waals surface area contributed by atoms with E-state index in [2.05, 4.69) is 4.98 Å². The Morgan fingerprint density at radius 1 is 1.20 bits per heavy atom. The van der Waals surface area contributed by atoms with Crippen LogP contribution in [0.5, 0.6) is 11.5 Å². The number of aromatic nitrogens is 1. The zero-order chi connectivity index (χ0) is 10.7. The molecule has 2 aromatic rings. The van der Waals surface area contributed by atoms with Crippen molar-refractivity contribution in [1.29, 1.82) is 0 Å². The zero-order valence-electron chi connectivity index (χ0n) is 8.47. The molecule has 0 amide bonds. The van der Waals surface area contributed by atoms with Crippen molar-refractivity contribution in [3.8, 4) is 11.5 Å². The van der Waals surface area contributed by atoms with Crippen molar-refractivity contribution >= 4 is 5.69 Å². The maximum absolute atomic E-state index is 5.76. The molecular formula is C12H12N2O. The number of para-hydroxylation sites is 2. The van der Waals surface area contributed by atoms with Crippen LogP contribution in [0, 0.1) is 6.92 Å². The average molecular weight is 200 g/mol.